The van der Waals surface area contributed by atoms with E-state index in [1.165, 1.54) is 62.4 Å². The Morgan fingerprint density at radius 3 is 2.34 bits per heavy atom. The monoisotopic (exact) mass is 394 g/mol. The Hall–Kier alpha value is -3.13. The van der Waals surface area contributed by atoms with E-state index in [0.29, 0.717) is 12.3 Å². The van der Waals surface area contributed by atoms with Crippen molar-refractivity contribution in [3.05, 3.63) is 65.5 Å². The van der Waals surface area contributed by atoms with E-state index in [1.807, 2.05) is 18.2 Å². The number of carbonyl (C=O) groups is 1. The normalized spacial score (nSPS) is 11.0. The second kappa shape index (κ2) is 12.4. The number of ether oxygens (including phenoxy) is 1. The lowest BCUT2D eigenvalue weighted by molar-refractivity contribution is -0.112. The van der Waals surface area contributed by atoms with Crippen molar-refractivity contribution in [3.63, 3.8) is 0 Å². The van der Waals surface area contributed by atoms with Crippen LogP contribution in [0.4, 0.5) is 10.1 Å². The van der Waals surface area contributed by atoms with Gasteiger partial charge in [-0.3, -0.25) is 4.79 Å². The summed E-state index contributed by atoms with van der Waals surface area (Å²) in [5, 5.41) is 11.9. The first-order valence-corrected chi connectivity index (χ1v) is 10.0. The number of anilines is 1. The van der Waals surface area contributed by atoms with Gasteiger partial charge in [0, 0.05) is 5.69 Å². The van der Waals surface area contributed by atoms with E-state index in [-0.39, 0.29) is 5.57 Å². The number of benzene rings is 2. The Labute approximate surface area is 172 Å². The number of halogens is 1. The molecule has 0 fully saturated rings. The molecule has 0 saturated carbocycles. The number of rotatable bonds is 11. The minimum atomic E-state index is -0.539. The summed E-state index contributed by atoms with van der Waals surface area (Å²) in [6.07, 6.45) is 8.80. The number of nitriles is 1. The second-order valence-electron chi connectivity index (χ2n) is 6.82. The summed E-state index contributed by atoms with van der Waals surface area (Å²) in [6, 6.07) is 14.5. The van der Waals surface area contributed by atoms with Gasteiger partial charge in [0.25, 0.3) is 5.91 Å². The number of nitrogens with zero attached hydrogens (tertiary/aromatic N) is 1. The molecular weight excluding hydrogens is 367 g/mol. The SMILES string of the molecule is CCCCCCCCOc1ccc(C=C(C#N)C(=O)Nc2ccc(F)cc2)cc1. The third-order valence-electron chi connectivity index (χ3n) is 4.42. The third kappa shape index (κ3) is 8.18. The minimum Gasteiger partial charge on any atom is -0.494 e. The maximum atomic E-state index is 12.9. The summed E-state index contributed by atoms with van der Waals surface area (Å²) in [4.78, 5) is 12.2. The van der Waals surface area contributed by atoms with Crippen molar-refractivity contribution < 1.29 is 13.9 Å². The summed E-state index contributed by atoms with van der Waals surface area (Å²) in [7, 11) is 0. The second-order valence-corrected chi connectivity index (χ2v) is 6.82. The first-order valence-electron chi connectivity index (χ1n) is 10.0. The molecule has 0 spiro atoms. The molecule has 1 N–H and O–H groups in total. The fourth-order valence-corrected chi connectivity index (χ4v) is 2.78. The average Bonchev–Trinajstić information content (AvgIpc) is 2.74. The molecule has 29 heavy (non-hydrogen) atoms. The van der Waals surface area contributed by atoms with Crippen molar-refractivity contribution in [3.8, 4) is 11.8 Å². The molecular formula is C24H27FN2O2. The highest BCUT2D eigenvalue weighted by Gasteiger charge is 2.09. The quantitative estimate of drug-likeness (QED) is 0.284. The smallest absolute Gasteiger partial charge is 0.266 e. The lowest BCUT2D eigenvalue weighted by Gasteiger charge is -2.07. The molecule has 152 valence electrons. The van der Waals surface area contributed by atoms with Gasteiger partial charge in [0.2, 0.25) is 0 Å². The number of hydrogen-bond acceptors (Lipinski definition) is 3. The van der Waals surface area contributed by atoms with Gasteiger partial charge in [0.05, 0.1) is 6.61 Å². The molecule has 0 saturated heterocycles. The molecule has 2 aromatic carbocycles. The molecule has 1 amide bonds. The zero-order valence-corrected chi connectivity index (χ0v) is 16.8. The number of amides is 1. The molecule has 0 heterocycles. The van der Waals surface area contributed by atoms with Crippen LogP contribution in [0.2, 0.25) is 0 Å². The van der Waals surface area contributed by atoms with Crippen LogP contribution in [0.15, 0.2) is 54.1 Å². The van der Waals surface area contributed by atoms with E-state index in [4.69, 9.17) is 4.74 Å². The molecule has 0 aliphatic rings. The van der Waals surface area contributed by atoms with Crippen LogP contribution in [0, 0.1) is 17.1 Å². The molecule has 0 aliphatic heterocycles. The number of unbranched alkanes of at least 4 members (excludes halogenated alkanes) is 5. The molecule has 2 rings (SSSR count). The van der Waals surface area contributed by atoms with Gasteiger partial charge in [-0.15, -0.1) is 0 Å². The zero-order valence-electron chi connectivity index (χ0n) is 16.8. The molecule has 0 radical (unpaired) electrons. The van der Waals surface area contributed by atoms with Crippen molar-refractivity contribution in [1.82, 2.24) is 0 Å². The highest BCUT2D eigenvalue weighted by Crippen LogP contribution is 2.16. The lowest BCUT2D eigenvalue weighted by Crippen LogP contribution is -2.13. The molecule has 0 aromatic heterocycles. The molecule has 0 bridgehead atoms. The van der Waals surface area contributed by atoms with Crippen LogP contribution in [0.25, 0.3) is 6.08 Å². The van der Waals surface area contributed by atoms with E-state index < -0.39 is 11.7 Å². The van der Waals surface area contributed by atoms with Gasteiger partial charge in [-0.05, 0) is 54.5 Å². The number of nitrogens with one attached hydrogen (secondary N) is 1. The van der Waals surface area contributed by atoms with E-state index in [2.05, 4.69) is 12.2 Å². The number of carbonyl (C=O) groups excluding carboxylic acids is 1. The summed E-state index contributed by atoms with van der Waals surface area (Å²) in [5.41, 5.74) is 1.12. The fourth-order valence-electron chi connectivity index (χ4n) is 2.78. The highest BCUT2D eigenvalue weighted by molar-refractivity contribution is 6.09. The molecule has 0 aliphatic carbocycles. The topological polar surface area (TPSA) is 62.1 Å². The van der Waals surface area contributed by atoms with Crippen molar-refractivity contribution in [2.45, 2.75) is 45.4 Å². The summed E-state index contributed by atoms with van der Waals surface area (Å²) in [6.45, 7) is 2.89. The van der Waals surface area contributed by atoms with Crippen LogP contribution >= 0.6 is 0 Å². The van der Waals surface area contributed by atoms with Gasteiger partial charge in [-0.2, -0.15) is 5.26 Å². The van der Waals surface area contributed by atoms with Crippen molar-refractivity contribution in [2.24, 2.45) is 0 Å². The minimum absolute atomic E-state index is 0.0323. The standard InChI is InChI=1S/C24H27FN2O2/c1-2-3-4-5-6-7-16-29-23-14-8-19(9-15-23)17-20(18-26)24(28)27-22-12-10-21(25)11-13-22/h8-15,17H,2-7,16H2,1H3,(H,27,28). The highest BCUT2D eigenvalue weighted by atomic mass is 19.1. The Bertz CT molecular complexity index is 837. The van der Waals surface area contributed by atoms with E-state index in [1.54, 1.807) is 12.1 Å². The number of hydrogen-bond donors (Lipinski definition) is 1. The molecule has 0 unspecified atom stereocenters. The summed E-state index contributed by atoms with van der Waals surface area (Å²) < 4.78 is 18.7. The predicted octanol–water partition coefficient (Wildman–Crippen LogP) is 6.11. The maximum Gasteiger partial charge on any atom is 0.266 e. The molecule has 0 atom stereocenters. The predicted molar refractivity (Wildman–Crippen MR) is 114 cm³/mol. The van der Waals surface area contributed by atoms with Gasteiger partial charge in [-0.1, -0.05) is 51.2 Å². The molecule has 4 nitrogen and oxygen atoms in total. The average molecular weight is 394 g/mol. The Balaban J connectivity index is 1.85. The maximum absolute atomic E-state index is 12.9. The van der Waals surface area contributed by atoms with Gasteiger partial charge in [-0.25, -0.2) is 4.39 Å². The van der Waals surface area contributed by atoms with Crippen molar-refractivity contribution >= 4 is 17.7 Å². The fraction of sp³-hybridized carbons (Fsp3) is 0.333. The Kier molecular flexibility index (Phi) is 9.44. The van der Waals surface area contributed by atoms with E-state index in [0.717, 1.165) is 17.7 Å². The van der Waals surface area contributed by atoms with Crippen molar-refractivity contribution in [2.75, 3.05) is 11.9 Å². The van der Waals surface area contributed by atoms with E-state index in [9.17, 15) is 14.4 Å². The van der Waals surface area contributed by atoms with Crippen LogP contribution in [-0.4, -0.2) is 12.5 Å². The van der Waals surface area contributed by atoms with Crippen LogP contribution in [-0.2, 0) is 4.79 Å². The van der Waals surface area contributed by atoms with Crippen LogP contribution in [0.3, 0.4) is 0 Å². The van der Waals surface area contributed by atoms with Gasteiger partial charge >= 0.3 is 0 Å². The molecule has 2 aromatic rings. The lowest BCUT2D eigenvalue weighted by atomic mass is 10.1. The first kappa shape index (κ1) is 22.2. The van der Waals surface area contributed by atoms with Crippen LogP contribution in [0.5, 0.6) is 5.75 Å². The molecule has 5 heteroatoms. The Morgan fingerprint density at radius 1 is 1.03 bits per heavy atom. The van der Waals surface area contributed by atoms with Gasteiger partial charge in [0.15, 0.2) is 0 Å². The first-order chi connectivity index (χ1) is 14.1. The summed E-state index contributed by atoms with van der Waals surface area (Å²) >= 11 is 0. The Morgan fingerprint density at radius 2 is 1.69 bits per heavy atom. The van der Waals surface area contributed by atoms with Crippen LogP contribution < -0.4 is 10.1 Å². The zero-order chi connectivity index (χ0) is 20.9. The summed E-state index contributed by atoms with van der Waals surface area (Å²) in [5.74, 6) is -0.162. The van der Waals surface area contributed by atoms with Gasteiger partial charge in [0.1, 0.15) is 23.2 Å². The van der Waals surface area contributed by atoms with E-state index >= 15 is 0 Å². The largest absolute Gasteiger partial charge is 0.494 e. The van der Waals surface area contributed by atoms with Crippen molar-refractivity contribution in [1.29, 1.82) is 5.26 Å². The third-order valence-corrected chi connectivity index (χ3v) is 4.42. The van der Waals surface area contributed by atoms with Gasteiger partial charge < -0.3 is 10.1 Å². The van der Waals surface area contributed by atoms with Crippen LogP contribution in [0.1, 0.15) is 51.0 Å².